The lowest BCUT2D eigenvalue weighted by atomic mass is 9.58. The van der Waals surface area contributed by atoms with Gasteiger partial charge in [-0.1, -0.05) is 38.1 Å². The lowest BCUT2D eigenvalue weighted by Gasteiger charge is -2.59. The minimum Gasteiger partial charge on any atom is -0.435 e. The molecule has 1 spiro atoms. The van der Waals surface area contributed by atoms with Gasteiger partial charge in [-0.05, 0) is 55.6 Å². The van der Waals surface area contributed by atoms with E-state index in [-0.39, 0.29) is 36.5 Å². The van der Waals surface area contributed by atoms with Crippen molar-refractivity contribution in [2.45, 2.75) is 96.2 Å². The summed E-state index contributed by atoms with van der Waals surface area (Å²) in [5.74, 6) is -0.568. The molecule has 5 fully saturated rings. The molecule has 8 atom stereocenters. The first-order valence-corrected chi connectivity index (χ1v) is 13.5. The van der Waals surface area contributed by atoms with Gasteiger partial charge in [-0.15, -0.1) is 0 Å². The van der Waals surface area contributed by atoms with Gasteiger partial charge in [0, 0.05) is 37.8 Å². The number of fused-ring (bicyclic) bond motifs is 3. The van der Waals surface area contributed by atoms with Crippen LogP contribution in [0.5, 0.6) is 0 Å². The van der Waals surface area contributed by atoms with Gasteiger partial charge in [0.2, 0.25) is 18.0 Å². The summed E-state index contributed by atoms with van der Waals surface area (Å²) in [6.45, 7) is 7.47. The average molecular weight is 500 g/mol. The quantitative estimate of drug-likeness (QED) is 0.456. The Bertz CT molecular complexity index is 1030. The van der Waals surface area contributed by atoms with Gasteiger partial charge < -0.3 is 19.1 Å². The van der Waals surface area contributed by atoms with Gasteiger partial charge >= 0.3 is 5.97 Å². The van der Waals surface area contributed by atoms with Crippen LogP contribution < -0.4 is 0 Å². The first-order chi connectivity index (χ1) is 17.3. The summed E-state index contributed by atoms with van der Waals surface area (Å²) >= 11 is 0. The SMILES string of the molecule is C[C@H]1[C@H](OC(=O)CCC(=O)N2CCc3ccccc3C2)O[C@@H]2O[C@@]3(C)CC[C@H]4[C@H](C)CC[C@@H]1[C@@]24OO3. The second-order valence-corrected chi connectivity index (χ2v) is 11.6. The minimum atomic E-state index is -0.869. The van der Waals surface area contributed by atoms with Crippen molar-refractivity contribution in [3.8, 4) is 0 Å². The van der Waals surface area contributed by atoms with Crippen LogP contribution in [-0.4, -0.2) is 47.3 Å². The molecule has 1 amide bonds. The van der Waals surface area contributed by atoms with Gasteiger partial charge in [-0.3, -0.25) is 9.59 Å². The highest BCUT2D eigenvalue weighted by molar-refractivity contribution is 5.81. The topological polar surface area (TPSA) is 83.5 Å². The van der Waals surface area contributed by atoms with Gasteiger partial charge in [0.05, 0.1) is 6.42 Å². The molecule has 0 radical (unpaired) electrons. The number of hydrogen-bond acceptors (Lipinski definition) is 7. The van der Waals surface area contributed by atoms with Crippen molar-refractivity contribution in [3.05, 3.63) is 35.4 Å². The normalized spacial score (nSPS) is 41.1. The van der Waals surface area contributed by atoms with Crippen LogP contribution in [0.1, 0.15) is 70.4 Å². The standard InChI is InChI=1S/C28H37NO7/c1-17-8-9-22-18(2)25(33-26-28(22)21(17)12-14-27(3,34-26)35-36-28)32-24(31)11-10-23(30)29-15-13-19-6-4-5-7-20(19)16-29/h4-7,17-18,21-22,25-26H,8-16H2,1-3H3/t17-,18-,21+,22+,25-,26-,27-,28-/m1/s1. The average Bonchev–Trinajstić information content (AvgIpc) is 3.11. The van der Waals surface area contributed by atoms with Crippen LogP contribution in [0.3, 0.4) is 0 Å². The Balaban J connectivity index is 1.10. The third kappa shape index (κ3) is 3.97. The summed E-state index contributed by atoms with van der Waals surface area (Å²) in [4.78, 5) is 39.5. The fourth-order valence-corrected chi connectivity index (χ4v) is 7.27. The van der Waals surface area contributed by atoms with Crippen molar-refractivity contribution in [3.63, 3.8) is 0 Å². The first-order valence-electron chi connectivity index (χ1n) is 13.5. The molecule has 5 aliphatic heterocycles. The second-order valence-electron chi connectivity index (χ2n) is 11.6. The molecule has 0 N–H and O–H groups in total. The number of carbonyl (C=O) groups excluding carboxylic acids is 2. The van der Waals surface area contributed by atoms with Crippen molar-refractivity contribution < 1.29 is 33.6 Å². The molecule has 36 heavy (non-hydrogen) atoms. The van der Waals surface area contributed by atoms with Crippen LogP contribution in [0.4, 0.5) is 0 Å². The van der Waals surface area contributed by atoms with E-state index in [9.17, 15) is 9.59 Å². The van der Waals surface area contributed by atoms with Crippen LogP contribution in [0.2, 0.25) is 0 Å². The number of nitrogens with zero attached hydrogens (tertiary/aromatic N) is 1. The lowest BCUT2D eigenvalue weighted by Crippen LogP contribution is -2.70. The number of hydrogen-bond donors (Lipinski definition) is 0. The molecular weight excluding hydrogens is 462 g/mol. The predicted molar refractivity (Wildman–Crippen MR) is 128 cm³/mol. The van der Waals surface area contributed by atoms with Crippen molar-refractivity contribution in [2.24, 2.45) is 23.7 Å². The number of ether oxygens (including phenoxy) is 3. The van der Waals surface area contributed by atoms with Crippen LogP contribution in [0.15, 0.2) is 24.3 Å². The maximum absolute atomic E-state index is 12.8. The zero-order chi connectivity index (χ0) is 25.1. The summed E-state index contributed by atoms with van der Waals surface area (Å²) < 4.78 is 18.5. The van der Waals surface area contributed by atoms with Crippen molar-refractivity contribution in [2.75, 3.05) is 6.54 Å². The second kappa shape index (κ2) is 9.08. The largest absolute Gasteiger partial charge is 0.435 e. The van der Waals surface area contributed by atoms with Gasteiger partial charge in [-0.25, -0.2) is 9.78 Å². The molecule has 0 aromatic heterocycles. The maximum Gasteiger partial charge on any atom is 0.308 e. The fourth-order valence-electron chi connectivity index (χ4n) is 7.27. The summed E-state index contributed by atoms with van der Waals surface area (Å²) in [6.07, 6.45) is 3.32. The van der Waals surface area contributed by atoms with Crippen LogP contribution in [0.25, 0.3) is 0 Å². The molecule has 5 heterocycles. The van der Waals surface area contributed by atoms with Crippen LogP contribution >= 0.6 is 0 Å². The Labute approximate surface area is 212 Å². The van der Waals surface area contributed by atoms with Crippen molar-refractivity contribution in [1.29, 1.82) is 0 Å². The van der Waals surface area contributed by atoms with E-state index in [1.165, 1.54) is 11.1 Å². The van der Waals surface area contributed by atoms with Gasteiger partial charge in [-0.2, -0.15) is 0 Å². The third-order valence-electron chi connectivity index (χ3n) is 9.37. The fraction of sp³-hybridized carbons (Fsp3) is 0.714. The van der Waals surface area contributed by atoms with E-state index in [4.69, 9.17) is 24.0 Å². The van der Waals surface area contributed by atoms with E-state index in [2.05, 4.69) is 26.0 Å². The molecular formula is C28H37NO7. The van der Waals surface area contributed by atoms with Gasteiger partial charge in [0.1, 0.15) is 0 Å². The van der Waals surface area contributed by atoms with Crippen molar-refractivity contribution in [1.82, 2.24) is 4.90 Å². The van der Waals surface area contributed by atoms with E-state index in [1.54, 1.807) is 0 Å². The molecule has 6 aliphatic rings. The van der Waals surface area contributed by atoms with E-state index in [1.807, 2.05) is 24.0 Å². The molecule has 8 heteroatoms. The summed E-state index contributed by atoms with van der Waals surface area (Å²) in [6, 6.07) is 8.20. The molecule has 1 aromatic carbocycles. The smallest absolute Gasteiger partial charge is 0.308 e. The lowest BCUT2D eigenvalue weighted by molar-refractivity contribution is -0.576. The van der Waals surface area contributed by atoms with Crippen LogP contribution in [-0.2, 0) is 46.5 Å². The third-order valence-corrected chi connectivity index (χ3v) is 9.37. The number of rotatable bonds is 4. The number of esters is 1. The highest BCUT2D eigenvalue weighted by Gasteiger charge is 2.69. The number of amides is 1. The highest BCUT2D eigenvalue weighted by atomic mass is 17.3. The molecule has 1 saturated carbocycles. The Morgan fingerprint density at radius 1 is 1.06 bits per heavy atom. The molecule has 2 bridgehead atoms. The van der Waals surface area contributed by atoms with Gasteiger partial charge in [0.25, 0.3) is 0 Å². The number of carbonyl (C=O) groups is 2. The zero-order valence-electron chi connectivity index (χ0n) is 21.4. The Hall–Kier alpha value is -2.00. The summed E-state index contributed by atoms with van der Waals surface area (Å²) in [5, 5.41) is 0. The van der Waals surface area contributed by atoms with E-state index < -0.39 is 29.9 Å². The predicted octanol–water partition coefficient (Wildman–Crippen LogP) is 4.10. The highest BCUT2D eigenvalue weighted by Crippen LogP contribution is 2.60. The zero-order valence-corrected chi connectivity index (χ0v) is 21.4. The Morgan fingerprint density at radius 2 is 1.86 bits per heavy atom. The Morgan fingerprint density at radius 3 is 2.69 bits per heavy atom. The van der Waals surface area contributed by atoms with Crippen LogP contribution in [0, 0.1) is 23.7 Å². The molecule has 7 rings (SSSR count). The molecule has 1 aliphatic carbocycles. The molecule has 4 saturated heterocycles. The van der Waals surface area contributed by atoms with Crippen molar-refractivity contribution >= 4 is 11.9 Å². The maximum atomic E-state index is 12.8. The molecule has 1 aromatic rings. The molecule has 196 valence electrons. The molecule has 8 nitrogen and oxygen atoms in total. The monoisotopic (exact) mass is 499 g/mol. The van der Waals surface area contributed by atoms with Gasteiger partial charge in [0.15, 0.2) is 11.9 Å². The number of benzene rings is 1. The summed E-state index contributed by atoms with van der Waals surface area (Å²) in [5.41, 5.74) is 1.78. The molecule has 0 unspecified atom stereocenters. The summed E-state index contributed by atoms with van der Waals surface area (Å²) in [7, 11) is 0. The minimum absolute atomic E-state index is 0.0231. The first kappa shape index (κ1) is 24.3. The van der Waals surface area contributed by atoms with E-state index >= 15 is 0 Å². The van der Waals surface area contributed by atoms with E-state index in [0.29, 0.717) is 19.0 Å². The van der Waals surface area contributed by atoms with E-state index in [0.717, 1.165) is 32.1 Å². The Kier molecular flexibility index (Phi) is 6.14.